The molecule has 1 heterocycles. The van der Waals surface area contributed by atoms with Crippen LogP contribution in [0.5, 0.6) is 0 Å². The number of nitro groups is 1. The van der Waals surface area contributed by atoms with E-state index in [1.165, 1.54) is 0 Å². The summed E-state index contributed by atoms with van der Waals surface area (Å²) in [4.78, 5) is 29.1. The van der Waals surface area contributed by atoms with E-state index in [1.54, 1.807) is 0 Å². The van der Waals surface area contributed by atoms with Gasteiger partial charge < -0.3 is 19.9 Å². The van der Waals surface area contributed by atoms with Crippen LogP contribution in [0.15, 0.2) is 4.79 Å². The molecule has 1 aromatic rings. The molecule has 1 saturated carbocycles. The summed E-state index contributed by atoms with van der Waals surface area (Å²) in [5.41, 5.74) is 4.20. The third-order valence-corrected chi connectivity index (χ3v) is 17.3. The molecule has 0 amide bonds. The molecule has 0 aliphatic heterocycles. The van der Waals surface area contributed by atoms with E-state index in [0.717, 1.165) is 12.8 Å². The number of nitrogens with zero attached hydrogens (tertiary/aromatic N) is 2. The van der Waals surface area contributed by atoms with Gasteiger partial charge in [0.15, 0.2) is 16.6 Å². The zero-order valence-electron chi connectivity index (χ0n) is 23.1. The molecule has 0 aromatic carbocycles. The Labute approximate surface area is 211 Å². The minimum atomic E-state index is -1.91. The van der Waals surface area contributed by atoms with E-state index in [9.17, 15) is 14.9 Å². The fourth-order valence-electron chi connectivity index (χ4n) is 3.73. The summed E-state index contributed by atoms with van der Waals surface area (Å²) in [5.74, 6) is 0.230. The molecule has 200 valence electrons. The van der Waals surface area contributed by atoms with Crippen molar-refractivity contribution in [3.63, 3.8) is 0 Å². The first kappa shape index (κ1) is 29.5. The van der Waals surface area contributed by atoms with Gasteiger partial charge in [-0.3, -0.25) is 19.9 Å². The molecule has 10 nitrogen and oxygen atoms in total. The van der Waals surface area contributed by atoms with Crippen LogP contribution in [0.25, 0.3) is 0 Å². The molecule has 2 rings (SSSR count). The van der Waals surface area contributed by atoms with Crippen LogP contribution < -0.4 is 16.6 Å². The van der Waals surface area contributed by atoms with Crippen molar-refractivity contribution in [2.45, 2.75) is 96.7 Å². The van der Waals surface area contributed by atoms with E-state index >= 15 is 0 Å². The number of hydrogen-bond donors (Lipinski definition) is 3. The third-order valence-electron chi connectivity index (χ3n) is 8.28. The Balaban J connectivity index is 2.20. The minimum absolute atomic E-state index is 0.0830. The number of anilines is 2. The molecule has 1 fully saturated rings. The number of hydrogen-bond acceptors (Lipinski definition) is 8. The molecule has 3 unspecified atom stereocenters. The maximum atomic E-state index is 12.1. The van der Waals surface area contributed by atoms with Crippen LogP contribution in [0.2, 0.25) is 36.3 Å². The summed E-state index contributed by atoms with van der Waals surface area (Å²) < 4.78 is 12.9. The predicted molar refractivity (Wildman–Crippen MR) is 146 cm³/mol. The van der Waals surface area contributed by atoms with Gasteiger partial charge in [0.2, 0.25) is 11.8 Å². The Morgan fingerprint density at radius 3 is 2.17 bits per heavy atom. The lowest BCUT2D eigenvalue weighted by Crippen LogP contribution is -2.52. The van der Waals surface area contributed by atoms with Crippen molar-refractivity contribution in [1.82, 2.24) is 9.97 Å². The summed E-state index contributed by atoms with van der Waals surface area (Å²) >= 11 is 0. The van der Waals surface area contributed by atoms with Crippen LogP contribution in [0.3, 0.4) is 0 Å². The van der Waals surface area contributed by atoms with Gasteiger partial charge in [-0.05, 0) is 60.9 Å². The van der Waals surface area contributed by atoms with Crippen molar-refractivity contribution in [1.29, 1.82) is 0 Å². The summed E-state index contributed by atoms with van der Waals surface area (Å²) in [6.07, 6.45) is 1.56. The second-order valence-corrected chi connectivity index (χ2v) is 22.4. The van der Waals surface area contributed by atoms with Crippen LogP contribution >= 0.6 is 0 Å². The van der Waals surface area contributed by atoms with Gasteiger partial charge in [-0.1, -0.05) is 41.5 Å². The highest BCUT2D eigenvalue weighted by atomic mass is 28.4. The van der Waals surface area contributed by atoms with Crippen molar-refractivity contribution < 1.29 is 13.8 Å². The van der Waals surface area contributed by atoms with E-state index in [-0.39, 0.29) is 33.8 Å². The quantitative estimate of drug-likeness (QED) is 0.216. The van der Waals surface area contributed by atoms with Gasteiger partial charge >= 0.3 is 11.2 Å². The van der Waals surface area contributed by atoms with Crippen molar-refractivity contribution in [3.8, 4) is 0 Å². The van der Waals surface area contributed by atoms with E-state index in [4.69, 9.17) is 14.6 Å². The number of nitrogens with one attached hydrogen (secondary N) is 2. The van der Waals surface area contributed by atoms with Crippen LogP contribution in [0.1, 0.15) is 54.4 Å². The fourth-order valence-corrected chi connectivity index (χ4v) is 5.86. The monoisotopic (exact) mass is 527 g/mol. The predicted octanol–water partition coefficient (Wildman–Crippen LogP) is 5.11. The van der Waals surface area contributed by atoms with Crippen LogP contribution in [0, 0.1) is 22.0 Å². The maximum absolute atomic E-state index is 12.1. The molecule has 1 aromatic heterocycles. The Morgan fingerprint density at radius 1 is 1.11 bits per heavy atom. The zero-order chi connectivity index (χ0) is 27.0. The van der Waals surface area contributed by atoms with Crippen LogP contribution in [-0.4, -0.2) is 50.8 Å². The van der Waals surface area contributed by atoms with Crippen molar-refractivity contribution in [3.05, 3.63) is 20.5 Å². The van der Waals surface area contributed by atoms with Gasteiger partial charge in [0.1, 0.15) is 0 Å². The number of aromatic amines is 1. The van der Waals surface area contributed by atoms with Crippen molar-refractivity contribution in [2.75, 3.05) is 24.3 Å². The third kappa shape index (κ3) is 6.92. The second-order valence-electron chi connectivity index (χ2n) is 12.8. The van der Waals surface area contributed by atoms with E-state index in [1.807, 2.05) is 0 Å². The molecular formula is C23H45N5O5Si2. The Kier molecular flexibility index (Phi) is 8.68. The van der Waals surface area contributed by atoms with Gasteiger partial charge in [-0.25, -0.2) is 0 Å². The van der Waals surface area contributed by atoms with Gasteiger partial charge in [-0.2, -0.15) is 4.98 Å². The highest BCUT2D eigenvalue weighted by molar-refractivity contribution is 6.74. The average molecular weight is 528 g/mol. The number of nitrogen functional groups attached to an aromatic ring is 1. The summed E-state index contributed by atoms with van der Waals surface area (Å²) in [7, 11) is -3.81. The summed E-state index contributed by atoms with van der Waals surface area (Å²) in [6, 6.07) is -0.0848. The van der Waals surface area contributed by atoms with Crippen LogP contribution in [-0.2, 0) is 8.85 Å². The Bertz CT molecular complexity index is 969. The van der Waals surface area contributed by atoms with E-state index < -0.39 is 32.8 Å². The van der Waals surface area contributed by atoms with Gasteiger partial charge in [0.25, 0.3) is 0 Å². The lowest BCUT2D eigenvalue weighted by atomic mass is 9.68. The first-order chi connectivity index (χ1) is 15.8. The molecule has 0 radical (unpaired) electrons. The largest absolute Gasteiger partial charge is 0.417 e. The number of nitrogens with two attached hydrogens (primary N) is 1. The molecule has 4 N–H and O–H groups in total. The smallest absolute Gasteiger partial charge is 0.375 e. The molecule has 0 saturated heterocycles. The molecule has 12 heteroatoms. The molecular weight excluding hydrogens is 482 g/mol. The van der Waals surface area contributed by atoms with Gasteiger partial charge in [0.05, 0.1) is 4.92 Å². The maximum Gasteiger partial charge on any atom is 0.375 e. The molecule has 1 aliphatic carbocycles. The highest BCUT2D eigenvalue weighted by Crippen LogP contribution is 2.43. The highest BCUT2D eigenvalue weighted by Gasteiger charge is 2.45. The molecule has 0 spiro atoms. The molecule has 1 aliphatic rings. The standard InChI is InChI=1S/C23H45N5O5Si2/c1-22(2,3)34(7,8)32-12-11-16-15(14-33-35(9,10)23(4,5)6)13-17(16)25-19-18(28(30)31)20(29)27-21(24)26-19/h15-17H,11-14H2,1-10H3,(H4,24,25,26,27,29). The second kappa shape index (κ2) is 10.3. The summed E-state index contributed by atoms with van der Waals surface area (Å²) in [5, 5.41) is 14.9. The molecule has 3 atom stereocenters. The first-order valence-electron chi connectivity index (χ1n) is 12.4. The van der Waals surface area contributed by atoms with Gasteiger partial charge in [-0.15, -0.1) is 0 Å². The lowest BCUT2D eigenvalue weighted by molar-refractivity contribution is -0.385. The fraction of sp³-hybridized carbons (Fsp3) is 0.826. The normalized spacial score (nSPS) is 21.5. The van der Waals surface area contributed by atoms with Crippen LogP contribution in [0.4, 0.5) is 17.5 Å². The Hall–Kier alpha value is -1.77. The number of rotatable bonds is 10. The minimum Gasteiger partial charge on any atom is -0.417 e. The SMILES string of the molecule is CC(C)(C)[Si](C)(C)OCCC1C(CO[Si](C)(C)C(C)(C)C)CC1Nc1nc(N)[nH]c(=O)c1[N+](=O)[O-]. The summed E-state index contributed by atoms with van der Waals surface area (Å²) in [6.45, 7) is 23.5. The molecule has 0 bridgehead atoms. The lowest BCUT2D eigenvalue weighted by Gasteiger charge is -2.48. The average Bonchev–Trinajstić information content (AvgIpc) is 2.64. The number of aromatic nitrogens is 2. The number of H-pyrrole nitrogens is 1. The van der Waals surface area contributed by atoms with Gasteiger partial charge in [0, 0.05) is 19.3 Å². The van der Waals surface area contributed by atoms with Crippen molar-refractivity contribution in [2.24, 2.45) is 11.8 Å². The van der Waals surface area contributed by atoms with E-state index in [2.05, 4.69) is 83.0 Å². The Morgan fingerprint density at radius 2 is 1.66 bits per heavy atom. The van der Waals surface area contributed by atoms with E-state index in [0.29, 0.717) is 19.1 Å². The topological polar surface area (TPSA) is 145 Å². The first-order valence-corrected chi connectivity index (χ1v) is 18.2. The zero-order valence-corrected chi connectivity index (χ0v) is 25.1. The molecule has 35 heavy (non-hydrogen) atoms. The van der Waals surface area contributed by atoms with Crippen molar-refractivity contribution >= 4 is 34.1 Å².